The molecule has 1 aliphatic rings. The lowest BCUT2D eigenvalue weighted by molar-refractivity contribution is -0.139. The van der Waals surface area contributed by atoms with E-state index < -0.39 is 6.10 Å². The highest BCUT2D eigenvalue weighted by Gasteiger charge is 2.29. The van der Waals surface area contributed by atoms with Crippen LogP contribution in [0.1, 0.15) is 26.7 Å². The number of hydrogen-bond donors (Lipinski definition) is 1. The Morgan fingerprint density at radius 1 is 1.43 bits per heavy atom. The number of nitrogens with two attached hydrogens (primary N) is 1. The van der Waals surface area contributed by atoms with Gasteiger partial charge in [-0.05, 0) is 60.7 Å². The minimum atomic E-state index is -0.490. The molecule has 1 amide bonds. The second kappa shape index (κ2) is 7.27. The first kappa shape index (κ1) is 16.3. The first-order valence-electron chi connectivity index (χ1n) is 7.44. The van der Waals surface area contributed by atoms with Crippen molar-refractivity contribution in [2.24, 2.45) is 11.7 Å². The van der Waals surface area contributed by atoms with E-state index in [9.17, 15) is 4.79 Å². The molecule has 4 nitrogen and oxygen atoms in total. The Labute approximate surface area is 134 Å². The molecule has 3 atom stereocenters. The SMILES string of the molecule is C[C@H](Oc1ccccc1Br)C(=O)N1CCC[C@@H]([C@@H](C)N)C1. The van der Waals surface area contributed by atoms with Gasteiger partial charge in [-0.25, -0.2) is 0 Å². The zero-order valence-electron chi connectivity index (χ0n) is 12.6. The number of carbonyl (C=O) groups is 1. The fraction of sp³-hybridized carbons (Fsp3) is 0.562. The fourth-order valence-corrected chi connectivity index (χ4v) is 3.06. The molecule has 2 rings (SSSR count). The van der Waals surface area contributed by atoms with Gasteiger partial charge in [0.2, 0.25) is 0 Å². The smallest absolute Gasteiger partial charge is 0.263 e. The molecule has 0 radical (unpaired) electrons. The molecule has 116 valence electrons. The number of para-hydroxylation sites is 1. The second-order valence-electron chi connectivity index (χ2n) is 5.74. The number of halogens is 1. The van der Waals surface area contributed by atoms with Crippen LogP contribution in [-0.2, 0) is 4.79 Å². The van der Waals surface area contributed by atoms with E-state index in [0.29, 0.717) is 11.7 Å². The van der Waals surface area contributed by atoms with Gasteiger partial charge >= 0.3 is 0 Å². The molecule has 2 N–H and O–H groups in total. The lowest BCUT2D eigenvalue weighted by Gasteiger charge is -2.35. The van der Waals surface area contributed by atoms with Crippen molar-refractivity contribution < 1.29 is 9.53 Å². The van der Waals surface area contributed by atoms with Crippen LogP contribution in [0.25, 0.3) is 0 Å². The lowest BCUT2D eigenvalue weighted by atomic mass is 9.92. The summed E-state index contributed by atoms with van der Waals surface area (Å²) in [5, 5.41) is 0. The van der Waals surface area contributed by atoms with Crippen LogP contribution in [0, 0.1) is 5.92 Å². The Morgan fingerprint density at radius 2 is 2.14 bits per heavy atom. The predicted octanol–water partition coefficient (Wildman–Crippen LogP) is 2.80. The number of amides is 1. The summed E-state index contributed by atoms with van der Waals surface area (Å²) in [5.74, 6) is 1.12. The van der Waals surface area contributed by atoms with E-state index in [1.807, 2.05) is 36.1 Å². The monoisotopic (exact) mass is 354 g/mol. The van der Waals surface area contributed by atoms with Crippen molar-refractivity contribution >= 4 is 21.8 Å². The van der Waals surface area contributed by atoms with E-state index >= 15 is 0 Å². The van der Waals surface area contributed by atoms with E-state index in [-0.39, 0.29) is 11.9 Å². The van der Waals surface area contributed by atoms with Crippen molar-refractivity contribution in [2.75, 3.05) is 13.1 Å². The third-order valence-corrected chi connectivity index (χ3v) is 4.66. The molecule has 0 aromatic heterocycles. The van der Waals surface area contributed by atoms with Crippen LogP contribution in [0.15, 0.2) is 28.7 Å². The van der Waals surface area contributed by atoms with Crippen molar-refractivity contribution in [2.45, 2.75) is 38.8 Å². The van der Waals surface area contributed by atoms with Gasteiger partial charge in [0.05, 0.1) is 4.47 Å². The van der Waals surface area contributed by atoms with E-state index in [1.54, 1.807) is 6.92 Å². The number of benzene rings is 1. The summed E-state index contributed by atoms with van der Waals surface area (Å²) in [6.07, 6.45) is 1.62. The zero-order valence-corrected chi connectivity index (χ0v) is 14.2. The Bertz CT molecular complexity index is 493. The molecule has 1 aromatic rings. The number of likely N-dealkylation sites (tertiary alicyclic amines) is 1. The van der Waals surface area contributed by atoms with E-state index in [2.05, 4.69) is 15.9 Å². The molecule has 0 spiro atoms. The van der Waals surface area contributed by atoms with E-state index in [4.69, 9.17) is 10.5 Å². The molecule has 21 heavy (non-hydrogen) atoms. The molecular formula is C16H23BrN2O2. The lowest BCUT2D eigenvalue weighted by Crippen LogP contribution is -2.48. The molecule has 1 aliphatic heterocycles. The Balaban J connectivity index is 1.97. The quantitative estimate of drug-likeness (QED) is 0.904. The standard InChI is InChI=1S/C16H23BrN2O2/c1-11(18)13-6-5-9-19(10-13)16(20)12(2)21-15-8-4-3-7-14(15)17/h3-4,7-8,11-13H,5-6,9-10,18H2,1-2H3/t11-,12+,13-/m1/s1. The highest BCUT2D eigenvalue weighted by molar-refractivity contribution is 9.10. The Hall–Kier alpha value is -1.07. The molecule has 0 aliphatic carbocycles. The topological polar surface area (TPSA) is 55.6 Å². The van der Waals surface area contributed by atoms with Crippen LogP contribution in [-0.4, -0.2) is 36.0 Å². The summed E-state index contributed by atoms with van der Waals surface area (Å²) in [6, 6.07) is 7.69. The van der Waals surface area contributed by atoms with Crippen molar-refractivity contribution in [3.63, 3.8) is 0 Å². The van der Waals surface area contributed by atoms with Crippen molar-refractivity contribution in [3.8, 4) is 5.75 Å². The summed E-state index contributed by atoms with van der Waals surface area (Å²) in [7, 11) is 0. The van der Waals surface area contributed by atoms with Crippen LogP contribution in [0.3, 0.4) is 0 Å². The molecule has 0 bridgehead atoms. The van der Waals surface area contributed by atoms with Gasteiger partial charge in [-0.2, -0.15) is 0 Å². The van der Waals surface area contributed by atoms with Crippen LogP contribution < -0.4 is 10.5 Å². The molecule has 5 heteroatoms. The van der Waals surface area contributed by atoms with Gasteiger partial charge in [0.15, 0.2) is 6.10 Å². The minimum Gasteiger partial charge on any atom is -0.480 e. The van der Waals surface area contributed by atoms with Crippen LogP contribution in [0.5, 0.6) is 5.75 Å². The van der Waals surface area contributed by atoms with E-state index in [1.165, 1.54) is 0 Å². The molecule has 0 unspecified atom stereocenters. The Kier molecular flexibility index (Phi) is 5.65. The van der Waals surface area contributed by atoms with Crippen molar-refractivity contribution in [1.29, 1.82) is 0 Å². The fourth-order valence-electron chi connectivity index (χ4n) is 2.68. The van der Waals surface area contributed by atoms with Crippen LogP contribution >= 0.6 is 15.9 Å². The number of rotatable bonds is 4. The molecule has 1 heterocycles. The molecular weight excluding hydrogens is 332 g/mol. The van der Waals surface area contributed by atoms with Crippen LogP contribution in [0.4, 0.5) is 0 Å². The highest BCUT2D eigenvalue weighted by Crippen LogP contribution is 2.26. The average Bonchev–Trinajstić information content (AvgIpc) is 2.49. The maximum atomic E-state index is 12.5. The largest absolute Gasteiger partial charge is 0.480 e. The van der Waals surface area contributed by atoms with Gasteiger partial charge in [0.25, 0.3) is 5.91 Å². The maximum Gasteiger partial charge on any atom is 0.263 e. The number of carbonyl (C=O) groups excluding carboxylic acids is 1. The van der Waals surface area contributed by atoms with E-state index in [0.717, 1.165) is 30.4 Å². The molecule has 1 aromatic carbocycles. The first-order chi connectivity index (χ1) is 9.99. The molecule has 1 saturated heterocycles. The predicted molar refractivity (Wildman–Crippen MR) is 87.2 cm³/mol. The van der Waals surface area contributed by atoms with Gasteiger partial charge in [0, 0.05) is 19.1 Å². The third kappa shape index (κ3) is 4.20. The summed E-state index contributed by atoms with van der Waals surface area (Å²) < 4.78 is 6.64. The van der Waals surface area contributed by atoms with Gasteiger partial charge in [-0.1, -0.05) is 12.1 Å². The highest BCUT2D eigenvalue weighted by atomic mass is 79.9. The number of hydrogen-bond acceptors (Lipinski definition) is 3. The summed E-state index contributed by atoms with van der Waals surface area (Å²) in [4.78, 5) is 14.4. The summed E-state index contributed by atoms with van der Waals surface area (Å²) in [5.41, 5.74) is 5.97. The number of piperidine rings is 1. The minimum absolute atomic E-state index is 0.0381. The number of ether oxygens (including phenoxy) is 1. The third-order valence-electron chi connectivity index (χ3n) is 4.00. The van der Waals surface area contributed by atoms with Gasteiger partial charge < -0.3 is 15.4 Å². The van der Waals surface area contributed by atoms with Gasteiger partial charge in [-0.3, -0.25) is 4.79 Å². The normalized spacial score (nSPS) is 21.7. The van der Waals surface area contributed by atoms with Crippen molar-refractivity contribution in [1.82, 2.24) is 4.90 Å². The first-order valence-corrected chi connectivity index (χ1v) is 8.24. The van der Waals surface area contributed by atoms with Crippen LogP contribution in [0.2, 0.25) is 0 Å². The summed E-state index contributed by atoms with van der Waals surface area (Å²) in [6.45, 7) is 5.35. The number of nitrogens with zero attached hydrogens (tertiary/aromatic N) is 1. The average molecular weight is 355 g/mol. The zero-order chi connectivity index (χ0) is 15.4. The van der Waals surface area contributed by atoms with Gasteiger partial charge in [-0.15, -0.1) is 0 Å². The Morgan fingerprint density at radius 3 is 2.81 bits per heavy atom. The molecule has 0 saturated carbocycles. The second-order valence-corrected chi connectivity index (χ2v) is 6.59. The summed E-state index contributed by atoms with van der Waals surface area (Å²) >= 11 is 3.43. The molecule has 1 fully saturated rings. The van der Waals surface area contributed by atoms with Gasteiger partial charge in [0.1, 0.15) is 5.75 Å². The van der Waals surface area contributed by atoms with Crippen molar-refractivity contribution in [3.05, 3.63) is 28.7 Å². The maximum absolute atomic E-state index is 12.5.